The van der Waals surface area contributed by atoms with Gasteiger partial charge in [0.15, 0.2) is 0 Å². The molecule has 1 heterocycles. The third-order valence-corrected chi connectivity index (χ3v) is 3.92. The Hall–Kier alpha value is -1.84. The lowest BCUT2D eigenvalue weighted by Gasteiger charge is -2.22. The number of benzene rings is 1. The SMILES string of the molecule is Cc1ccccc1[C@H]1NC(=O)C[C@@H]1NC(=O)C1CC1. The van der Waals surface area contributed by atoms with Crippen molar-refractivity contribution < 1.29 is 9.59 Å². The molecule has 1 aromatic rings. The molecule has 0 unspecified atom stereocenters. The average Bonchev–Trinajstić information content (AvgIpc) is 3.16. The van der Waals surface area contributed by atoms with Gasteiger partial charge in [0, 0.05) is 12.3 Å². The van der Waals surface area contributed by atoms with Gasteiger partial charge >= 0.3 is 0 Å². The molecular formula is C15H18N2O2. The second-order valence-electron chi connectivity index (χ2n) is 5.50. The van der Waals surface area contributed by atoms with Crippen molar-refractivity contribution in [2.45, 2.75) is 38.3 Å². The number of amides is 2. The van der Waals surface area contributed by atoms with Gasteiger partial charge in [-0.3, -0.25) is 9.59 Å². The van der Waals surface area contributed by atoms with E-state index in [-0.39, 0.29) is 29.8 Å². The quantitative estimate of drug-likeness (QED) is 0.862. The Morgan fingerprint density at radius 3 is 2.74 bits per heavy atom. The highest BCUT2D eigenvalue weighted by atomic mass is 16.2. The highest BCUT2D eigenvalue weighted by molar-refractivity contribution is 5.85. The largest absolute Gasteiger partial charge is 0.350 e. The second-order valence-corrected chi connectivity index (χ2v) is 5.50. The fraction of sp³-hybridized carbons (Fsp3) is 0.467. The highest BCUT2D eigenvalue weighted by Gasteiger charge is 2.38. The standard InChI is InChI=1S/C15H18N2O2/c1-9-4-2-3-5-11(9)14-12(8-13(18)17-14)16-15(19)10-6-7-10/h2-5,10,12,14H,6-8H2,1H3,(H,16,19)(H,17,18)/t12-,14+/m0/s1. The molecule has 4 nitrogen and oxygen atoms in total. The van der Waals surface area contributed by atoms with Crippen LogP contribution in [0.1, 0.15) is 36.4 Å². The number of hydrogen-bond acceptors (Lipinski definition) is 2. The molecule has 0 bridgehead atoms. The average molecular weight is 258 g/mol. The van der Waals surface area contributed by atoms with Crippen molar-refractivity contribution >= 4 is 11.8 Å². The van der Waals surface area contributed by atoms with Gasteiger partial charge in [-0.2, -0.15) is 0 Å². The Bertz CT molecular complexity index is 523. The minimum Gasteiger partial charge on any atom is -0.350 e. The Morgan fingerprint density at radius 2 is 2.05 bits per heavy atom. The first kappa shape index (κ1) is 12.2. The van der Waals surface area contributed by atoms with E-state index >= 15 is 0 Å². The van der Waals surface area contributed by atoms with Crippen molar-refractivity contribution in [1.29, 1.82) is 0 Å². The molecule has 19 heavy (non-hydrogen) atoms. The van der Waals surface area contributed by atoms with Crippen LogP contribution < -0.4 is 10.6 Å². The number of nitrogens with one attached hydrogen (secondary N) is 2. The third kappa shape index (κ3) is 2.48. The number of hydrogen-bond donors (Lipinski definition) is 2. The lowest BCUT2D eigenvalue weighted by atomic mass is 9.96. The lowest BCUT2D eigenvalue weighted by Crippen LogP contribution is -2.39. The van der Waals surface area contributed by atoms with Gasteiger partial charge in [-0.05, 0) is 30.9 Å². The Labute approximate surface area is 112 Å². The Balaban J connectivity index is 1.80. The zero-order chi connectivity index (χ0) is 13.4. The Morgan fingerprint density at radius 1 is 1.32 bits per heavy atom. The van der Waals surface area contributed by atoms with E-state index in [1.54, 1.807) is 0 Å². The molecule has 0 radical (unpaired) electrons. The molecule has 1 saturated carbocycles. The predicted molar refractivity (Wildman–Crippen MR) is 71.3 cm³/mol. The number of rotatable bonds is 3. The van der Waals surface area contributed by atoms with Gasteiger partial charge in [-0.15, -0.1) is 0 Å². The smallest absolute Gasteiger partial charge is 0.223 e. The van der Waals surface area contributed by atoms with E-state index in [0.717, 1.165) is 24.0 Å². The van der Waals surface area contributed by atoms with Crippen LogP contribution in [0.15, 0.2) is 24.3 Å². The fourth-order valence-electron chi connectivity index (χ4n) is 2.66. The molecule has 3 rings (SSSR count). The maximum Gasteiger partial charge on any atom is 0.223 e. The summed E-state index contributed by atoms with van der Waals surface area (Å²) >= 11 is 0. The van der Waals surface area contributed by atoms with Gasteiger partial charge in [-0.1, -0.05) is 24.3 Å². The van der Waals surface area contributed by atoms with Crippen LogP contribution in [0.25, 0.3) is 0 Å². The van der Waals surface area contributed by atoms with E-state index in [1.807, 2.05) is 31.2 Å². The summed E-state index contributed by atoms with van der Waals surface area (Å²) in [5.41, 5.74) is 2.23. The van der Waals surface area contributed by atoms with Crippen molar-refractivity contribution in [1.82, 2.24) is 10.6 Å². The summed E-state index contributed by atoms with van der Waals surface area (Å²) in [7, 11) is 0. The summed E-state index contributed by atoms with van der Waals surface area (Å²) < 4.78 is 0. The fourth-order valence-corrected chi connectivity index (χ4v) is 2.66. The molecule has 2 N–H and O–H groups in total. The number of carbonyl (C=O) groups excluding carboxylic acids is 2. The van der Waals surface area contributed by atoms with Gasteiger partial charge in [0.25, 0.3) is 0 Å². The first-order valence-electron chi connectivity index (χ1n) is 6.80. The predicted octanol–water partition coefficient (Wildman–Crippen LogP) is 1.45. The van der Waals surface area contributed by atoms with Crippen molar-refractivity contribution in [3.05, 3.63) is 35.4 Å². The van der Waals surface area contributed by atoms with Crippen LogP contribution in [0.2, 0.25) is 0 Å². The van der Waals surface area contributed by atoms with Crippen LogP contribution in [0, 0.1) is 12.8 Å². The van der Waals surface area contributed by atoms with Gasteiger partial charge in [-0.25, -0.2) is 0 Å². The van der Waals surface area contributed by atoms with Crippen molar-refractivity contribution in [3.8, 4) is 0 Å². The molecule has 2 atom stereocenters. The molecule has 100 valence electrons. The van der Waals surface area contributed by atoms with E-state index in [4.69, 9.17) is 0 Å². The molecule has 0 spiro atoms. The summed E-state index contributed by atoms with van der Waals surface area (Å²) in [6, 6.07) is 7.76. The second kappa shape index (κ2) is 4.68. The summed E-state index contributed by atoms with van der Waals surface area (Å²) in [5.74, 6) is 0.280. The lowest BCUT2D eigenvalue weighted by molar-refractivity contribution is -0.123. The van der Waals surface area contributed by atoms with Gasteiger partial charge < -0.3 is 10.6 Å². The maximum absolute atomic E-state index is 11.9. The number of aryl methyl sites for hydroxylation is 1. The molecule has 2 aliphatic rings. The summed E-state index contributed by atoms with van der Waals surface area (Å²) in [6.45, 7) is 2.03. The van der Waals surface area contributed by atoms with Crippen LogP contribution in [-0.4, -0.2) is 17.9 Å². The maximum atomic E-state index is 11.9. The van der Waals surface area contributed by atoms with Crippen LogP contribution >= 0.6 is 0 Å². The molecule has 2 fully saturated rings. The van der Waals surface area contributed by atoms with Crippen LogP contribution in [-0.2, 0) is 9.59 Å². The zero-order valence-electron chi connectivity index (χ0n) is 11.0. The Kier molecular flexibility index (Phi) is 3.01. The van der Waals surface area contributed by atoms with E-state index in [9.17, 15) is 9.59 Å². The molecular weight excluding hydrogens is 240 g/mol. The van der Waals surface area contributed by atoms with Crippen molar-refractivity contribution in [2.24, 2.45) is 5.92 Å². The van der Waals surface area contributed by atoms with E-state index in [2.05, 4.69) is 10.6 Å². The summed E-state index contributed by atoms with van der Waals surface area (Å²) in [4.78, 5) is 23.5. The van der Waals surface area contributed by atoms with Crippen LogP contribution in [0.5, 0.6) is 0 Å². The monoisotopic (exact) mass is 258 g/mol. The normalized spacial score (nSPS) is 26.1. The number of carbonyl (C=O) groups is 2. The third-order valence-electron chi connectivity index (χ3n) is 3.92. The first-order chi connectivity index (χ1) is 9.15. The van der Waals surface area contributed by atoms with E-state index < -0.39 is 0 Å². The highest BCUT2D eigenvalue weighted by Crippen LogP contribution is 2.31. The molecule has 1 aromatic carbocycles. The summed E-state index contributed by atoms with van der Waals surface area (Å²) in [6.07, 6.45) is 2.33. The van der Waals surface area contributed by atoms with Crippen LogP contribution in [0.4, 0.5) is 0 Å². The van der Waals surface area contributed by atoms with Gasteiger partial charge in [0.2, 0.25) is 11.8 Å². The molecule has 0 aromatic heterocycles. The van der Waals surface area contributed by atoms with Gasteiger partial charge in [0.1, 0.15) is 0 Å². The zero-order valence-corrected chi connectivity index (χ0v) is 11.0. The van der Waals surface area contributed by atoms with E-state index in [1.165, 1.54) is 0 Å². The topological polar surface area (TPSA) is 58.2 Å². The molecule has 2 amide bonds. The van der Waals surface area contributed by atoms with E-state index in [0.29, 0.717) is 6.42 Å². The van der Waals surface area contributed by atoms with Crippen LogP contribution in [0.3, 0.4) is 0 Å². The minimum absolute atomic E-state index is 0.00866. The van der Waals surface area contributed by atoms with Crippen molar-refractivity contribution in [2.75, 3.05) is 0 Å². The minimum atomic E-state index is -0.123. The first-order valence-corrected chi connectivity index (χ1v) is 6.80. The molecule has 1 aliphatic carbocycles. The molecule has 1 aliphatic heterocycles. The molecule has 4 heteroatoms. The molecule has 1 saturated heterocycles. The summed E-state index contributed by atoms with van der Waals surface area (Å²) in [5, 5.41) is 6.00. The van der Waals surface area contributed by atoms with Gasteiger partial charge in [0.05, 0.1) is 12.1 Å². The van der Waals surface area contributed by atoms with Crippen molar-refractivity contribution in [3.63, 3.8) is 0 Å².